The molecule has 0 radical (unpaired) electrons. The van der Waals surface area contributed by atoms with Gasteiger partial charge in [-0.25, -0.2) is 0 Å². The third-order valence-corrected chi connectivity index (χ3v) is 3.87. The molecule has 94 valence electrons. The van der Waals surface area contributed by atoms with Gasteiger partial charge in [0.2, 0.25) is 0 Å². The summed E-state index contributed by atoms with van der Waals surface area (Å²) in [7, 11) is 1.59. The summed E-state index contributed by atoms with van der Waals surface area (Å²) >= 11 is 4.76. The maximum absolute atomic E-state index is 12.0. The highest BCUT2D eigenvalue weighted by atomic mass is 79.9. The zero-order valence-electron chi connectivity index (χ0n) is 9.99. The molecule has 18 heavy (non-hydrogen) atoms. The lowest BCUT2D eigenvalue weighted by molar-refractivity contribution is 0.103. The Morgan fingerprint density at radius 3 is 2.78 bits per heavy atom. The number of methoxy groups -OCH3 is 1. The number of rotatable bonds is 3. The first-order chi connectivity index (χ1) is 8.60. The molecule has 0 aliphatic rings. The Kier molecular flexibility index (Phi) is 4.04. The monoisotopic (exact) mass is 325 g/mol. The second kappa shape index (κ2) is 5.54. The number of anilines is 1. The number of aryl methyl sites for hydroxylation is 1. The van der Waals surface area contributed by atoms with Crippen molar-refractivity contribution in [3.05, 3.63) is 44.6 Å². The van der Waals surface area contributed by atoms with E-state index in [4.69, 9.17) is 4.74 Å². The predicted octanol–water partition coefficient (Wildman–Crippen LogP) is 4.08. The second-order valence-electron chi connectivity index (χ2n) is 3.76. The van der Waals surface area contributed by atoms with E-state index < -0.39 is 0 Å². The number of carbonyl (C=O) groups excluding carboxylic acids is 1. The van der Waals surface area contributed by atoms with Crippen LogP contribution in [0, 0.1) is 6.92 Å². The molecule has 3 nitrogen and oxygen atoms in total. The molecule has 0 saturated heterocycles. The minimum absolute atomic E-state index is 0.117. The van der Waals surface area contributed by atoms with Crippen LogP contribution in [0.2, 0.25) is 0 Å². The Labute approximate surface area is 118 Å². The van der Waals surface area contributed by atoms with Gasteiger partial charge < -0.3 is 10.1 Å². The summed E-state index contributed by atoms with van der Waals surface area (Å²) in [6.07, 6.45) is 0. The number of amides is 1. The van der Waals surface area contributed by atoms with Crippen molar-refractivity contribution in [1.29, 1.82) is 0 Å². The van der Waals surface area contributed by atoms with Crippen LogP contribution in [0.25, 0.3) is 0 Å². The molecule has 0 aliphatic heterocycles. The lowest BCUT2D eigenvalue weighted by atomic mass is 10.2. The van der Waals surface area contributed by atoms with Crippen molar-refractivity contribution in [2.45, 2.75) is 6.92 Å². The Morgan fingerprint density at radius 2 is 2.17 bits per heavy atom. The molecular weight excluding hydrogens is 314 g/mol. The Balaban J connectivity index is 2.16. The van der Waals surface area contributed by atoms with E-state index in [1.807, 2.05) is 30.5 Å². The maximum Gasteiger partial charge on any atom is 0.265 e. The van der Waals surface area contributed by atoms with Gasteiger partial charge in [0.1, 0.15) is 5.75 Å². The molecule has 1 amide bonds. The maximum atomic E-state index is 12.0. The standard InChI is InChI=1S/C13H12BrNO2S/c1-8-5-9(14)3-4-11(8)15-13(16)12-6-10(17-2)7-18-12/h3-7H,1-2H3,(H,15,16). The fourth-order valence-electron chi connectivity index (χ4n) is 1.50. The predicted molar refractivity (Wildman–Crippen MR) is 77.7 cm³/mol. The molecule has 0 atom stereocenters. The van der Waals surface area contributed by atoms with Gasteiger partial charge in [-0.05, 0) is 30.7 Å². The van der Waals surface area contributed by atoms with E-state index >= 15 is 0 Å². The summed E-state index contributed by atoms with van der Waals surface area (Å²) in [6.45, 7) is 1.95. The average molecular weight is 326 g/mol. The van der Waals surface area contributed by atoms with E-state index in [0.717, 1.165) is 15.7 Å². The van der Waals surface area contributed by atoms with Crippen molar-refractivity contribution < 1.29 is 9.53 Å². The average Bonchev–Trinajstić information content (AvgIpc) is 2.81. The number of carbonyl (C=O) groups is 1. The van der Waals surface area contributed by atoms with Crippen molar-refractivity contribution in [2.75, 3.05) is 12.4 Å². The number of halogens is 1. The van der Waals surface area contributed by atoms with Gasteiger partial charge in [-0.2, -0.15) is 0 Å². The van der Waals surface area contributed by atoms with Gasteiger partial charge in [0.05, 0.1) is 12.0 Å². The van der Waals surface area contributed by atoms with Crippen LogP contribution in [-0.2, 0) is 0 Å². The summed E-state index contributed by atoms with van der Waals surface area (Å²) in [6, 6.07) is 7.47. The Morgan fingerprint density at radius 1 is 1.39 bits per heavy atom. The minimum atomic E-state index is -0.117. The van der Waals surface area contributed by atoms with Gasteiger partial charge >= 0.3 is 0 Å². The lowest BCUT2D eigenvalue weighted by Gasteiger charge is -2.07. The van der Waals surface area contributed by atoms with Gasteiger partial charge in [0.25, 0.3) is 5.91 Å². The first-order valence-corrected chi connectivity index (χ1v) is 6.97. The van der Waals surface area contributed by atoms with Crippen LogP contribution in [-0.4, -0.2) is 13.0 Å². The van der Waals surface area contributed by atoms with E-state index in [-0.39, 0.29) is 5.91 Å². The number of hydrogen-bond donors (Lipinski definition) is 1. The van der Waals surface area contributed by atoms with Crippen LogP contribution in [0.4, 0.5) is 5.69 Å². The van der Waals surface area contributed by atoms with Crippen molar-refractivity contribution in [2.24, 2.45) is 0 Å². The molecule has 1 aromatic heterocycles. The topological polar surface area (TPSA) is 38.3 Å². The van der Waals surface area contributed by atoms with E-state index in [1.165, 1.54) is 11.3 Å². The number of thiophene rings is 1. The van der Waals surface area contributed by atoms with Crippen LogP contribution in [0.15, 0.2) is 34.1 Å². The molecule has 0 bridgehead atoms. The SMILES string of the molecule is COc1csc(C(=O)Nc2ccc(Br)cc2C)c1. The molecular formula is C13H12BrNO2S. The van der Waals surface area contributed by atoms with E-state index in [9.17, 15) is 4.79 Å². The summed E-state index contributed by atoms with van der Waals surface area (Å²) in [5, 5.41) is 4.70. The van der Waals surface area contributed by atoms with Gasteiger partial charge in [-0.3, -0.25) is 4.79 Å². The van der Waals surface area contributed by atoms with Crippen molar-refractivity contribution >= 4 is 38.9 Å². The minimum Gasteiger partial charge on any atom is -0.496 e. The van der Waals surface area contributed by atoms with Crippen LogP contribution in [0.3, 0.4) is 0 Å². The smallest absolute Gasteiger partial charge is 0.265 e. The fraction of sp³-hybridized carbons (Fsp3) is 0.154. The van der Waals surface area contributed by atoms with Gasteiger partial charge in [-0.15, -0.1) is 11.3 Å². The Hall–Kier alpha value is -1.33. The second-order valence-corrected chi connectivity index (χ2v) is 5.59. The van der Waals surface area contributed by atoms with Crippen LogP contribution in [0.5, 0.6) is 5.75 Å². The number of hydrogen-bond acceptors (Lipinski definition) is 3. The van der Waals surface area contributed by atoms with E-state index in [1.54, 1.807) is 13.2 Å². The highest BCUT2D eigenvalue weighted by Crippen LogP contribution is 2.24. The zero-order chi connectivity index (χ0) is 13.1. The number of ether oxygens (including phenoxy) is 1. The quantitative estimate of drug-likeness (QED) is 0.923. The van der Waals surface area contributed by atoms with Gasteiger partial charge in [0, 0.05) is 21.6 Å². The molecule has 0 saturated carbocycles. The zero-order valence-corrected chi connectivity index (χ0v) is 12.4. The molecule has 0 spiro atoms. The van der Waals surface area contributed by atoms with Crippen LogP contribution >= 0.6 is 27.3 Å². The van der Waals surface area contributed by atoms with E-state index in [2.05, 4.69) is 21.2 Å². The number of benzene rings is 1. The lowest BCUT2D eigenvalue weighted by Crippen LogP contribution is -2.11. The molecule has 0 fully saturated rings. The van der Waals surface area contributed by atoms with Gasteiger partial charge in [0.15, 0.2) is 0 Å². The molecule has 0 unspecified atom stereocenters. The molecule has 1 heterocycles. The fourth-order valence-corrected chi connectivity index (χ4v) is 2.72. The van der Waals surface area contributed by atoms with Crippen molar-refractivity contribution in [3.63, 3.8) is 0 Å². The normalized spacial score (nSPS) is 10.2. The van der Waals surface area contributed by atoms with Crippen molar-refractivity contribution in [1.82, 2.24) is 0 Å². The highest BCUT2D eigenvalue weighted by molar-refractivity contribution is 9.10. The van der Waals surface area contributed by atoms with Gasteiger partial charge in [-0.1, -0.05) is 15.9 Å². The molecule has 2 aromatic rings. The highest BCUT2D eigenvalue weighted by Gasteiger charge is 2.10. The molecule has 5 heteroatoms. The molecule has 1 aromatic carbocycles. The first-order valence-electron chi connectivity index (χ1n) is 5.30. The summed E-state index contributed by atoms with van der Waals surface area (Å²) in [5.74, 6) is 0.589. The van der Waals surface area contributed by atoms with Crippen LogP contribution in [0.1, 0.15) is 15.2 Å². The molecule has 2 rings (SSSR count). The summed E-state index contributed by atoms with van der Waals surface area (Å²) < 4.78 is 6.05. The third-order valence-electron chi connectivity index (χ3n) is 2.47. The van der Waals surface area contributed by atoms with Crippen LogP contribution < -0.4 is 10.1 Å². The molecule has 0 aliphatic carbocycles. The molecule has 1 N–H and O–H groups in total. The number of nitrogens with one attached hydrogen (secondary N) is 1. The summed E-state index contributed by atoms with van der Waals surface area (Å²) in [4.78, 5) is 12.6. The van der Waals surface area contributed by atoms with E-state index in [0.29, 0.717) is 10.6 Å². The third kappa shape index (κ3) is 2.91. The largest absolute Gasteiger partial charge is 0.496 e. The summed E-state index contributed by atoms with van der Waals surface area (Å²) in [5.41, 5.74) is 1.83. The first kappa shape index (κ1) is 13.1. The Bertz CT molecular complexity index is 580. The van der Waals surface area contributed by atoms with Crippen molar-refractivity contribution in [3.8, 4) is 5.75 Å².